The molecule has 23 heavy (non-hydrogen) atoms. The van der Waals surface area contributed by atoms with Crippen molar-refractivity contribution in [2.45, 2.75) is 26.7 Å². The predicted molar refractivity (Wildman–Crippen MR) is 94.6 cm³/mol. The fourth-order valence-corrected chi connectivity index (χ4v) is 2.90. The van der Waals surface area contributed by atoms with Crippen LogP contribution in [0.15, 0.2) is 48.7 Å². The van der Waals surface area contributed by atoms with Crippen LogP contribution in [0.4, 0.5) is 0 Å². The molecule has 3 aromatic rings. The number of rotatable bonds is 5. The van der Waals surface area contributed by atoms with Gasteiger partial charge < -0.3 is 10.3 Å². The molecule has 0 saturated heterocycles. The Bertz CT molecular complexity index is 833. The third-order valence-corrected chi connectivity index (χ3v) is 4.25. The average Bonchev–Trinajstić information content (AvgIpc) is 2.94. The summed E-state index contributed by atoms with van der Waals surface area (Å²) < 4.78 is 0. The van der Waals surface area contributed by atoms with E-state index in [1.54, 1.807) is 0 Å². The second-order valence-corrected chi connectivity index (χ2v) is 6.07. The lowest BCUT2D eigenvalue weighted by Crippen LogP contribution is -2.27. The number of carbonyl (C=O) groups excluding carboxylic acids is 1. The molecule has 1 amide bonds. The first-order valence-corrected chi connectivity index (χ1v) is 8.01. The Balaban J connectivity index is 1.56. The number of benzene rings is 2. The smallest absolute Gasteiger partial charge is 0.224 e. The minimum absolute atomic E-state index is 0.0820. The van der Waals surface area contributed by atoms with Crippen molar-refractivity contribution in [3.63, 3.8) is 0 Å². The van der Waals surface area contributed by atoms with Gasteiger partial charge in [-0.2, -0.15) is 0 Å². The van der Waals surface area contributed by atoms with E-state index in [0.717, 1.165) is 17.5 Å². The van der Waals surface area contributed by atoms with Crippen molar-refractivity contribution < 1.29 is 4.79 Å². The second kappa shape index (κ2) is 6.69. The zero-order chi connectivity index (χ0) is 16.2. The van der Waals surface area contributed by atoms with Crippen molar-refractivity contribution >= 4 is 16.8 Å². The normalized spacial score (nSPS) is 10.9. The van der Waals surface area contributed by atoms with Crippen LogP contribution in [0, 0.1) is 13.8 Å². The van der Waals surface area contributed by atoms with Gasteiger partial charge in [0.15, 0.2) is 0 Å². The van der Waals surface area contributed by atoms with Gasteiger partial charge in [0.1, 0.15) is 0 Å². The highest BCUT2D eigenvalue weighted by molar-refractivity contribution is 5.83. The average molecular weight is 306 g/mol. The van der Waals surface area contributed by atoms with Gasteiger partial charge in [0, 0.05) is 23.6 Å². The maximum atomic E-state index is 12.1. The molecule has 0 unspecified atom stereocenters. The minimum Gasteiger partial charge on any atom is -0.361 e. The lowest BCUT2D eigenvalue weighted by Gasteiger charge is -2.08. The third-order valence-electron chi connectivity index (χ3n) is 4.25. The molecular formula is C20H22N2O. The van der Waals surface area contributed by atoms with Crippen molar-refractivity contribution in [1.82, 2.24) is 10.3 Å². The second-order valence-electron chi connectivity index (χ2n) is 6.07. The maximum absolute atomic E-state index is 12.1. The number of nitrogens with one attached hydrogen (secondary N) is 2. The quantitative estimate of drug-likeness (QED) is 0.742. The molecule has 1 heterocycles. The van der Waals surface area contributed by atoms with Crippen LogP contribution in [-0.4, -0.2) is 17.4 Å². The van der Waals surface area contributed by atoms with Crippen LogP contribution in [-0.2, 0) is 17.6 Å². The summed E-state index contributed by atoms with van der Waals surface area (Å²) in [6.07, 6.45) is 3.31. The molecule has 0 atom stereocenters. The Hall–Kier alpha value is -2.55. The fourth-order valence-electron chi connectivity index (χ4n) is 2.90. The summed E-state index contributed by atoms with van der Waals surface area (Å²) in [4.78, 5) is 15.4. The monoisotopic (exact) mass is 306 g/mol. The van der Waals surface area contributed by atoms with Gasteiger partial charge in [0.2, 0.25) is 5.91 Å². The van der Waals surface area contributed by atoms with Gasteiger partial charge >= 0.3 is 0 Å². The van der Waals surface area contributed by atoms with Crippen LogP contribution in [0.5, 0.6) is 0 Å². The Morgan fingerprint density at radius 3 is 2.78 bits per heavy atom. The molecule has 2 aromatic carbocycles. The number of hydrogen-bond donors (Lipinski definition) is 2. The Kier molecular flexibility index (Phi) is 4.47. The number of aryl methyl sites for hydroxylation is 2. The van der Waals surface area contributed by atoms with Crippen molar-refractivity contribution in [3.8, 4) is 0 Å². The number of hydrogen-bond acceptors (Lipinski definition) is 1. The number of aromatic amines is 1. The third kappa shape index (κ3) is 3.62. The Labute approximate surface area is 136 Å². The highest BCUT2D eigenvalue weighted by atomic mass is 16.1. The number of para-hydroxylation sites is 1. The van der Waals surface area contributed by atoms with Crippen molar-refractivity contribution in [3.05, 3.63) is 70.9 Å². The summed E-state index contributed by atoms with van der Waals surface area (Å²) in [6.45, 7) is 4.76. The predicted octanol–water partition coefficient (Wildman–Crippen LogP) is 3.69. The van der Waals surface area contributed by atoms with Crippen LogP contribution in [0.25, 0.3) is 10.9 Å². The molecular weight excluding hydrogens is 284 g/mol. The molecule has 0 aliphatic carbocycles. The van der Waals surface area contributed by atoms with Gasteiger partial charge in [-0.25, -0.2) is 0 Å². The van der Waals surface area contributed by atoms with Gasteiger partial charge in [-0.1, -0.05) is 42.0 Å². The number of amides is 1. The molecule has 3 nitrogen and oxygen atoms in total. The largest absolute Gasteiger partial charge is 0.361 e. The minimum atomic E-state index is 0.0820. The van der Waals surface area contributed by atoms with Crippen molar-refractivity contribution in [1.29, 1.82) is 0 Å². The van der Waals surface area contributed by atoms with Gasteiger partial charge in [0.05, 0.1) is 6.42 Å². The van der Waals surface area contributed by atoms with Crippen LogP contribution < -0.4 is 5.32 Å². The Morgan fingerprint density at radius 2 is 1.91 bits per heavy atom. The van der Waals surface area contributed by atoms with Crippen molar-refractivity contribution in [2.24, 2.45) is 0 Å². The summed E-state index contributed by atoms with van der Waals surface area (Å²) in [7, 11) is 0. The molecule has 118 valence electrons. The van der Waals surface area contributed by atoms with Crippen LogP contribution in [0.3, 0.4) is 0 Å². The number of carbonyl (C=O) groups is 1. The van der Waals surface area contributed by atoms with E-state index in [1.165, 1.54) is 22.1 Å². The molecule has 2 N–H and O–H groups in total. The molecule has 0 spiro atoms. The van der Waals surface area contributed by atoms with E-state index < -0.39 is 0 Å². The molecule has 3 rings (SSSR count). The van der Waals surface area contributed by atoms with Gasteiger partial charge in [-0.15, -0.1) is 0 Å². The fraction of sp³-hybridized carbons (Fsp3) is 0.250. The van der Waals surface area contributed by atoms with E-state index in [4.69, 9.17) is 0 Å². The molecule has 3 heteroatoms. The molecule has 1 aromatic heterocycles. The standard InChI is InChI=1S/C20H22N2O/c1-14-7-8-15(2)17(11-14)12-20(23)21-10-9-16-13-22-19-6-4-3-5-18(16)19/h3-8,11,13,22H,9-10,12H2,1-2H3,(H,21,23). The van der Waals surface area contributed by atoms with Crippen LogP contribution >= 0.6 is 0 Å². The molecule has 0 aliphatic rings. The summed E-state index contributed by atoms with van der Waals surface area (Å²) >= 11 is 0. The van der Waals surface area contributed by atoms with Gasteiger partial charge in [0.25, 0.3) is 0 Å². The Morgan fingerprint density at radius 1 is 1.09 bits per heavy atom. The van der Waals surface area contributed by atoms with Crippen molar-refractivity contribution in [2.75, 3.05) is 6.54 Å². The van der Waals surface area contributed by atoms with Crippen LogP contribution in [0.1, 0.15) is 22.3 Å². The summed E-state index contributed by atoms with van der Waals surface area (Å²) in [5.41, 5.74) is 5.85. The number of fused-ring (bicyclic) bond motifs is 1. The first kappa shape index (κ1) is 15.3. The van der Waals surface area contributed by atoms with E-state index in [0.29, 0.717) is 13.0 Å². The zero-order valence-corrected chi connectivity index (χ0v) is 13.6. The first-order chi connectivity index (χ1) is 11.1. The highest BCUT2D eigenvalue weighted by Crippen LogP contribution is 2.17. The summed E-state index contributed by atoms with van der Waals surface area (Å²) in [5, 5.41) is 4.26. The van der Waals surface area contributed by atoms with Gasteiger partial charge in [-0.3, -0.25) is 4.79 Å². The lowest BCUT2D eigenvalue weighted by molar-refractivity contribution is -0.120. The van der Waals surface area contributed by atoms with Gasteiger partial charge in [-0.05, 0) is 43.0 Å². The van der Waals surface area contributed by atoms with E-state index in [9.17, 15) is 4.79 Å². The molecule has 0 aliphatic heterocycles. The number of H-pyrrole nitrogens is 1. The molecule has 0 fully saturated rings. The van der Waals surface area contributed by atoms with Crippen LogP contribution in [0.2, 0.25) is 0 Å². The summed E-state index contributed by atoms with van der Waals surface area (Å²) in [6, 6.07) is 14.5. The topological polar surface area (TPSA) is 44.9 Å². The molecule has 0 bridgehead atoms. The van der Waals surface area contributed by atoms with E-state index in [2.05, 4.69) is 47.6 Å². The molecule has 0 radical (unpaired) electrons. The first-order valence-electron chi connectivity index (χ1n) is 8.01. The maximum Gasteiger partial charge on any atom is 0.224 e. The van der Waals surface area contributed by atoms with E-state index in [1.807, 2.05) is 25.3 Å². The van der Waals surface area contributed by atoms with E-state index >= 15 is 0 Å². The molecule has 0 saturated carbocycles. The number of aromatic nitrogens is 1. The zero-order valence-electron chi connectivity index (χ0n) is 13.6. The summed E-state index contributed by atoms with van der Waals surface area (Å²) in [5.74, 6) is 0.0820. The highest BCUT2D eigenvalue weighted by Gasteiger charge is 2.07. The SMILES string of the molecule is Cc1ccc(C)c(CC(=O)NCCc2c[nH]c3ccccc23)c1. The van der Waals surface area contributed by atoms with E-state index in [-0.39, 0.29) is 5.91 Å². The lowest BCUT2D eigenvalue weighted by atomic mass is 10.0.